The molecule has 2 aromatic carbocycles. The first-order valence-electron chi connectivity index (χ1n) is 14.9. The molecule has 1 N–H and O–H groups in total. The van der Waals surface area contributed by atoms with E-state index < -0.39 is 23.3 Å². The van der Waals surface area contributed by atoms with Gasteiger partial charge in [-0.3, -0.25) is 0 Å². The number of carbonyl (C=O) groups is 3. The average Bonchev–Trinajstić information content (AvgIpc) is 2.99. The van der Waals surface area contributed by atoms with Gasteiger partial charge in [0, 0.05) is 19.6 Å². The Bertz CT molecular complexity index is 1370. The normalized spacial score (nSPS) is 15.0. The Hall–Kier alpha value is -2.98. The minimum atomic E-state index is -0.564. The zero-order valence-corrected chi connectivity index (χ0v) is 28.0. The Morgan fingerprint density at radius 2 is 1.15 bits per heavy atom. The van der Waals surface area contributed by atoms with Crippen molar-refractivity contribution in [2.24, 2.45) is 0 Å². The second kappa shape index (κ2) is 18.4. The fourth-order valence-corrected chi connectivity index (χ4v) is 4.96. The Balaban J connectivity index is 0.000000849. The summed E-state index contributed by atoms with van der Waals surface area (Å²) in [5.41, 5.74) is 4.50. The van der Waals surface area contributed by atoms with Gasteiger partial charge in [0.25, 0.3) is 0 Å². The number of nitrogens with zero attached hydrogens (tertiary/aromatic N) is 2. The van der Waals surface area contributed by atoms with E-state index in [1.165, 1.54) is 7.11 Å². The minimum Gasteiger partial charge on any atom is -1.00 e. The van der Waals surface area contributed by atoms with Crippen LogP contribution < -0.4 is 18.9 Å². The second-order valence-corrected chi connectivity index (χ2v) is 12.7. The predicted molar refractivity (Wildman–Crippen MR) is 182 cm³/mol. The maximum absolute atomic E-state index is 12.2. The van der Waals surface area contributed by atoms with Crippen LogP contribution >= 0.6 is 0 Å². The number of methoxy groups -OCH3 is 1. The third kappa shape index (κ3) is 12.3. The molecule has 0 aliphatic carbocycles. The largest absolute Gasteiger partial charge is 1.00 e. The van der Waals surface area contributed by atoms with Gasteiger partial charge in [-0.2, -0.15) is 0 Å². The number of aliphatic hydroxyl groups is 1. The van der Waals surface area contributed by atoms with Crippen LogP contribution in [0.2, 0.25) is 0 Å². The Morgan fingerprint density at radius 1 is 0.739 bits per heavy atom. The summed E-state index contributed by atoms with van der Waals surface area (Å²) in [7, 11) is 1.35. The summed E-state index contributed by atoms with van der Waals surface area (Å²) in [4.78, 5) is 39.7. The van der Waals surface area contributed by atoms with Gasteiger partial charge >= 0.3 is 37.0 Å². The van der Waals surface area contributed by atoms with Gasteiger partial charge in [0.2, 0.25) is 0 Å². The molecule has 246 valence electrons. The zero-order chi connectivity index (χ0) is 32.5. The fraction of sp³-hybridized carbons (Fsp3) is 0.457. The number of ether oxygens (including phenoxy) is 3. The third-order valence-corrected chi connectivity index (χ3v) is 6.96. The number of benzene rings is 2. The van der Waals surface area contributed by atoms with E-state index in [4.69, 9.17) is 14.2 Å². The van der Waals surface area contributed by atoms with Crippen LogP contribution in [0.25, 0.3) is 11.1 Å². The van der Waals surface area contributed by atoms with Gasteiger partial charge in [-0.25, -0.2) is 14.4 Å². The van der Waals surface area contributed by atoms with Crippen molar-refractivity contribution >= 4 is 46.7 Å². The molecule has 0 saturated heterocycles. The van der Waals surface area contributed by atoms with Crippen LogP contribution in [0.15, 0.2) is 71.8 Å². The maximum Gasteiger partial charge on any atom is 1.00 e. The smallest absolute Gasteiger partial charge is 1.00 e. The molecule has 2 heterocycles. The summed E-state index contributed by atoms with van der Waals surface area (Å²) in [5.74, 6) is -0.405. The Kier molecular flexibility index (Phi) is 16.4. The number of hydrogen-bond acceptors (Lipinski definition) is 7. The fourth-order valence-electron chi connectivity index (χ4n) is 4.96. The number of esters is 1. The standard InChI is InChI=1S/C18H23NO4.C17H23NO3.Al.Li.4H/c1-18(2,3)23-17(21)19-11-10-14(13-8-6-5-7-9-13)15(12-19)16(20)22-4;1-17(2,3)21-16(20)18-10-9-15(14(11-18)12-19)13-7-5-4-6-8-13;;;;;;/h5-9H,10-12H2,1-4H3;4-8,19H,9-12H2,1-3H3;;;;;;/q;;;+1;;;;-1. The molecule has 2 aliphatic rings. The van der Waals surface area contributed by atoms with Crippen molar-refractivity contribution in [2.45, 2.75) is 65.6 Å². The molecule has 9 nitrogen and oxygen atoms in total. The van der Waals surface area contributed by atoms with Gasteiger partial charge in [0.05, 0.1) is 25.8 Å². The second-order valence-electron chi connectivity index (χ2n) is 12.7. The van der Waals surface area contributed by atoms with Crippen molar-refractivity contribution in [3.05, 3.63) is 82.9 Å². The van der Waals surface area contributed by atoms with Crippen LogP contribution in [0.5, 0.6) is 0 Å². The van der Waals surface area contributed by atoms with Gasteiger partial charge in [0.1, 0.15) is 11.2 Å². The van der Waals surface area contributed by atoms with Crippen LogP contribution in [0.1, 0.15) is 66.9 Å². The molecule has 0 radical (unpaired) electrons. The number of amides is 2. The summed E-state index contributed by atoms with van der Waals surface area (Å²) < 4.78 is 15.7. The van der Waals surface area contributed by atoms with E-state index in [0.717, 1.165) is 34.3 Å². The first-order chi connectivity index (χ1) is 20.7. The molecule has 0 aromatic heterocycles. The van der Waals surface area contributed by atoms with Gasteiger partial charge in [-0.1, -0.05) is 60.7 Å². The molecule has 0 bridgehead atoms. The summed E-state index contributed by atoms with van der Waals surface area (Å²) in [6.45, 7) is 12.7. The monoisotopic (exact) mass is 644 g/mol. The van der Waals surface area contributed by atoms with Crippen molar-refractivity contribution in [3.8, 4) is 0 Å². The maximum atomic E-state index is 12.2. The number of hydrogen-bond donors (Lipinski definition) is 1. The van der Waals surface area contributed by atoms with Crippen LogP contribution in [0, 0.1) is 0 Å². The number of aliphatic hydroxyl groups excluding tert-OH is 1. The molecule has 2 amide bonds. The Labute approximate surface area is 297 Å². The molecule has 0 spiro atoms. The molecule has 0 atom stereocenters. The van der Waals surface area contributed by atoms with Crippen molar-refractivity contribution in [1.82, 2.24) is 9.80 Å². The molecular formula is C35H50AlLiN2O7. The van der Waals surface area contributed by atoms with E-state index in [2.05, 4.69) is 0 Å². The predicted octanol–water partition coefficient (Wildman–Crippen LogP) is 2.26. The van der Waals surface area contributed by atoms with Crippen molar-refractivity contribution in [2.75, 3.05) is 39.9 Å². The average molecular weight is 645 g/mol. The summed E-state index contributed by atoms with van der Waals surface area (Å²) in [6, 6.07) is 19.7. The SMILES string of the molecule is CC(C)(C)OC(=O)N1CCC(c2ccccc2)=C(CO)C1.COC(=O)C1=C(c2ccccc2)CCN(C(=O)OC(C)(C)C)C1.[AlH3].[H-].[Li+]. The van der Waals surface area contributed by atoms with E-state index in [1.807, 2.05) is 102 Å². The summed E-state index contributed by atoms with van der Waals surface area (Å²) in [5, 5.41) is 9.62. The van der Waals surface area contributed by atoms with Crippen molar-refractivity contribution in [1.29, 1.82) is 0 Å². The molecule has 4 rings (SSSR count). The van der Waals surface area contributed by atoms with E-state index in [0.29, 0.717) is 31.6 Å². The molecule has 46 heavy (non-hydrogen) atoms. The van der Waals surface area contributed by atoms with Crippen LogP contribution in [0.3, 0.4) is 0 Å². The van der Waals surface area contributed by atoms with E-state index in [-0.39, 0.29) is 56.9 Å². The summed E-state index contributed by atoms with van der Waals surface area (Å²) in [6.07, 6.45) is 0.596. The topological polar surface area (TPSA) is 106 Å². The molecular weight excluding hydrogens is 594 g/mol. The molecule has 0 unspecified atom stereocenters. The molecule has 0 fully saturated rings. The number of carbonyl (C=O) groups excluding carboxylic acids is 3. The third-order valence-electron chi connectivity index (χ3n) is 6.96. The number of rotatable bonds is 4. The van der Waals surface area contributed by atoms with Gasteiger partial charge in [0.15, 0.2) is 17.4 Å². The molecule has 2 aromatic rings. The minimum absolute atomic E-state index is 0. The zero-order valence-electron chi connectivity index (χ0n) is 29.0. The Morgan fingerprint density at radius 3 is 1.57 bits per heavy atom. The van der Waals surface area contributed by atoms with E-state index in [9.17, 15) is 19.5 Å². The van der Waals surface area contributed by atoms with E-state index >= 15 is 0 Å². The van der Waals surface area contributed by atoms with Gasteiger partial charge in [-0.05, 0) is 82.2 Å². The first-order valence-corrected chi connectivity index (χ1v) is 14.9. The molecule has 11 heteroatoms. The molecule has 2 aliphatic heterocycles. The first kappa shape index (κ1) is 41.0. The van der Waals surface area contributed by atoms with E-state index in [1.54, 1.807) is 9.80 Å². The quantitative estimate of drug-likeness (QED) is 0.310. The van der Waals surface area contributed by atoms with Crippen molar-refractivity contribution in [3.63, 3.8) is 0 Å². The van der Waals surface area contributed by atoms with Crippen LogP contribution in [-0.4, -0.2) is 102 Å². The van der Waals surface area contributed by atoms with Gasteiger partial charge < -0.3 is 30.5 Å². The van der Waals surface area contributed by atoms with Crippen molar-refractivity contribution < 1.29 is 54.0 Å². The van der Waals surface area contributed by atoms with Crippen LogP contribution in [0.4, 0.5) is 9.59 Å². The summed E-state index contributed by atoms with van der Waals surface area (Å²) >= 11 is 0. The molecule has 0 saturated carbocycles. The van der Waals surface area contributed by atoms with Crippen LogP contribution in [-0.2, 0) is 19.0 Å². The van der Waals surface area contributed by atoms with Gasteiger partial charge in [-0.15, -0.1) is 0 Å².